The van der Waals surface area contributed by atoms with E-state index in [1.807, 2.05) is 6.07 Å². The molecule has 0 atom stereocenters. The third-order valence-corrected chi connectivity index (χ3v) is 3.51. The second-order valence-corrected chi connectivity index (χ2v) is 4.86. The number of hydrogen-bond donors (Lipinski definition) is 0. The van der Waals surface area contributed by atoms with Crippen LogP contribution < -0.4 is 4.90 Å². The summed E-state index contributed by atoms with van der Waals surface area (Å²) in [5, 5.41) is 0.631. The van der Waals surface area contributed by atoms with Crippen molar-refractivity contribution in [3.05, 3.63) is 22.8 Å². The molecule has 0 unspecified atom stereocenters. The molecule has 1 aliphatic rings. The molecule has 0 spiro atoms. The first kappa shape index (κ1) is 12.9. The zero-order valence-electron chi connectivity index (χ0n) is 9.83. The summed E-state index contributed by atoms with van der Waals surface area (Å²) in [6.07, 6.45) is 4.13. The molecule has 0 radical (unpaired) electrons. The van der Waals surface area contributed by atoms with Crippen molar-refractivity contribution < 1.29 is 4.74 Å². The van der Waals surface area contributed by atoms with Gasteiger partial charge in [-0.15, -0.1) is 11.6 Å². The van der Waals surface area contributed by atoms with Crippen molar-refractivity contribution in [3.8, 4) is 0 Å². The number of methoxy groups -OCH3 is 1. The van der Waals surface area contributed by atoms with E-state index in [4.69, 9.17) is 27.9 Å². The molecule has 3 nitrogen and oxygen atoms in total. The van der Waals surface area contributed by atoms with E-state index in [0.29, 0.717) is 23.6 Å². The van der Waals surface area contributed by atoms with E-state index in [-0.39, 0.29) is 0 Å². The number of alkyl halides is 1. The van der Waals surface area contributed by atoms with Crippen molar-refractivity contribution in [3.63, 3.8) is 0 Å². The summed E-state index contributed by atoms with van der Waals surface area (Å²) in [5.41, 5.74) is 0.932. The first-order chi connectivity index (χ1) is 8.26. The van der Waals surface area contributed by atoms with E-state index < -0.39 is 0 Å². The number of nitrogens with zero attached hydrogens (tertiary/aromatic N) is 2. The summed E-state index contributed by atoms with van der Waals surface area (Å²) in [6.45, 7) is 1.56. The zero-order chi connectivity index (χ0) is 12.3. The average molecular weight is 275 g/mol. The molecule has 1 fully saturated rings. The molecule has 1 aliphatic carbocycles. The lowest BCUT2D eigenvalue weighted by atomic mass is 10.3. The smallest absolute Gasteiger partial charge is 0.129 e. The summed E-state index contributed by atoms with van der Waals surface area (Å²) in [7, 11) is 1.71. The zero-order valence-corrected chi connectivity index (χ0v) is 11.3. The van der Waals surface area contributed by atoms with Crippen LogP contribution in [0, 0.1) is 0 Å². The van der Waals surface area contributed by atoms with Crippen molar-refractivity contribution in [2.24, 2.45) is 0 Å². The van der Waals surface area contributed by atoms with Gasteiger partial charge in [0.05, 0.1) is 11.6 Å². The minimum atomic E-state index is 0.414. The lowest BCUT2D eigenvalue weighted by Gasteiger charge is -2.23. The molecule has 94 valence electrons. The summed E-state index contributed by atoms with van der Waals surface area (Å²) in [5.74, 6) is 1.36. The predicted octanol–water partition coefficient (Wildman–Crippen LogP) is 3.09. The third-order valence-electron chi connectivity index (χ3n) is 2.88. The van der Waals surface area contributed by atoms with Crippen LogP contribution in [-0.4, -0.2) is 31.3 Å². The molecule has 1 heterocycles. The minimum Gasteiger partial charge on any atom is -0.383 e. The van der Waals surface area contributed by atoms with E-state index >= 15 is 0 Å². The topological polar surface area (TPSA) is 25.4 Å². The van der Waals surface area contributed by atoms with Crippen LogP contribution in [0.3, 0.4) is 0 Å². The third kappa shape index (κ3) is 3.24. The Balaban J connectivity index is 2.16. The fraction of sp³-hybridized carbons (Fsp3) is 0.583. The number of rotatable bonds is 6. The fourth-order valence-corrected chi connectivity index (χ4v) is 2.25. The van der Waals surface area contributed by atoms with E-state index in [1.54, 1.807) is 13.3 Å². The molecular formula is C12H16Cl2N2O. The standard InChI is InChI=1S/C12H16Cl2N2O/c1-17-5-4-16(10-2-3-10)12-6-9(7-13)11(14)8-15-12/h6,8,10H,2-5,7H2,1H3. The van der Waals surface area contributed by atoms with Crippen molar-refractivity contribution in [1.29, 1.82) is 0 Å². The van der Waals surface area contributed by atoms with Gasteiger partial charge in [-0.2, -0.15) is 0 Å². The number of anilines is 1. The largest absolute Gasteiger partial charge is 0.383 e. The van der Waals surface area contributed by atoms with E-state index in [0.717, 1.165) is 17.9 Å². The average Bonchev–Trinajstić information content (AvgIpc) is 3.16. The van der Waals surface area contributed by atoms with Crippen LogP contribution in [-0.2, 0) is 10.6 Å². The number of halogens is 2. The Labute approximate surface area is 112 Å². The van der Waals surface area contributed by atoms with Crippen LogP contribution in [0.1, 0.15) is 18.4 Å². The van der Waals surface area contributed by atoms with Crippen LogP contribution >= 0.6 is 23.2 Å². The predicted molar refractivity (Wildman–Crippen MR) is 71.0 cm³/mol. The van der Waals surface area contributed by atoms with Crippen LogP contribution in [0.15, 0.2) is 12.3 Å². The van der Waals surface area contributed by atoms with Crippen LogP contribution in [0.4, 0.5) is 5.82 Å². The van der Waals surface area contributed by atoms with E-state index in [2.05, 4.69) is 9.88 Å². The summed E-state index contributed by atoms with van der Waals surface area (Å²) in [4.78, 5) is 6.65. The van der Waals surface area contributed by atoms with Crippen LogP contribution in [0.25, 0.3) is 0 Å². The number of hydrogen-bond acceptors (Lipinski definition) is 3. The van der Waals surface area contributed by atoms with Gasteiger partial charge in [0.15, 0.2) is 0 Å². The molecule has 1 saturated carbocycles. The quantitative estimate of drug-likeness (QED) is 0.746. The lowest BCUT2D eigenvalue weighted by Crippen LogP contribution is -2.30. The van der Waals surface area contributed by atoms with Crippen molar-refractivity contribution in [2.45, 2.75) is 24.8 Å². The molecule has 0 saturated heterocycles. The molecule has 5 heteroatoms. The van der Waals surface area contributed by atoms with Gasteiger partial charge in [-0.3, -0.25) is 0 Å². The van der Waals surface area contributed by atoms with Gasteiger partial charge in [-0.1, -0.05) is 11.6 Å². The highest BCUT2D eigenvalue weighted by atomic mass is 35.5. The number of aromatic nitrogens is 1. The van der Waals surface area contributed by atoms with Gasteiger partial charge in [-0.25, -0.2) is 4.98 Å². The lowest BCUT2D eigenvalue weighted by molar-refractivity contribution is 0.204. The highest BCUT2D eigenvalue weighted by molar-refractivity contribution is 6.32. The first-order valence-corrected chi connectivity index (χ1v) is 6.63. The molecule has 0 amide bonds. The minimum absolute atomic E-state index is 0.414. The van der Waals surface area contributed by atoms with Gasteiger partial charge >= 0.3 is 0 Å². The molecule has 0 aromatic carbocycles. The van der Waals surface area contributed by atoms with Gasteiger partial charge in [-0.05, 0) is 24.5 Å². The molecule has 2 rings (SSSR count). The Morgan fingerprint density at radius 3 is 2.88 bits per heavy atom. The Morgan fingerprint density at radius 1 is 1.53 bits per heavy atom. The highest BCUT2D eigenvalue weighted by Gasteiger charge is 2.29. The molecule has 1 aromatic rings. The maximum absolute atomic E-state index is 6.01. The molecule has 17 heavy (non-hydrogen) atoms. The normalized spacial score (nSPS) is 15.0. The van der Waals surface area contributed by atoms with Crippen molar-refractivity contribution in [1.82, 2.24) is 4.98 Å². The van der Waals surface area contributed by atoms with Gasteiger partial charge in [0.1, 0.15) is 5.82 Å². The summed E-state index contributed by atoms with van der Waals surface area (Å²) >= 11 is 11.9. The highest BCUT2D eigenvalue weighted by Crippen LogP contribution is 2.32. The van der Waals surface area contributed by atoms with Crippen LogP contribution in [0.2, 0.25) is 5.02 Å². The summed E-state index contributed by atoms with van der Waals surface area (Å²) < 4.78 is 5.13. The molecule has 0 bridgehead atoms. The van der Waals surface area contributed by atoms with Gasteiger partial charge in [0.25, 0.3) is 0 Å². The van der Waals surface area contributed by atoms with E-state index in [9.17, 15) is 0 Å². The van der Waals surface area contributed by atoms with Gasteiger partial charge in [0, 0.05) is 31.8 Å². The Morgan fingerprint density at radius 2 is 2.29 bits per heavy atom. The Kier molecular flexibility index (Phi) is 4.48. The molecule has 0 aliphatic heterocycles. The summed E-state index contributed by atoms with van der Waals surface area (Å²) in [6, 6.07) is 2.57. The first-order valence-electron chi connectivity index (χ1n) is 5.72. The maximum Gasteiger partial charge on any atom is 0.129 e. The molecular weight excluding hydrogens is 259 g/mol. The van der Waals surface area contributed by atoms with Crippen LogP contribution in [0.5, 0.6) is 0 Å². The van der Waals surface area contributed by atoms with Gasteiger partial charge in [0.2, 0.25) is 0 Å². The monoisotopic (exact) mass is 274 g/mol. The second kappa shape index (κ2) is 5.89. The second-order valence-electron chi connectivity index (χ2n) is 4.18. The maximum atomic E-state index is 6.01. The number of pyridine rings is 1. The van der Waals surface area contributed by atoms with Crippen molar-refractivity contribution >= 4 is 29.0 Å². The van der Waals surface area contributed by atoms with E-state index in [1.165, 1.54) is 12.8 Å². The van der Waals surface area contributed by atoms with Gasteiger partial charge < -0.3 is 9.64 Å². The van der Waals surface area contributed by atoms with Crippen molar-refractivity contribution in [2.75, 3.05) is 25.2 Å². The Hall–Kier alpha value is -0.510. The SMILES string of the molecule is COCCN(c1cc(CCl)c(Cl)cn1)C1CC1. The molecule has 0 N–H and O–H groups in total. The fourth-order valence-electron chi connectivity index (χ4n) is 1.79. The number of ether oxygens (including phenoxy) is 1. The Bertz CT molecular complexity index is 383. The molecule has 1 aromatic heterocycles.